The number of hydrogen-bond acceptors (Lipinski definition) is 5. The van der Waals surface area contributed by atoms with Gasteiger partial charge >= 0.3 is 5.97 Å². The molecule has 0 atom stereocenters. The monoisotopic (exact) mass is 553 g/mol. The first kappa shape index (κ1) is 25.4. The number of rotatable bonds is 8. The first-order chi connectivity index (χ1) is 17.9. The van der Waals surface area contributed by atoms with E-state index in [2.05, 4.69) is 5.16 Å². The average Bonchev–Trinajstić information content (AvgIpc) is 3.67. The average molecular weight is 555 g/mol. The second-order valence-electron chi connectivity index (χ2n) is 8.66. The number of nitrogens with zero attached hydrogens (tertiary/aromatic N) is 1. The summed E-state index contributed by atoms with van der Waals surface area (Å²) in [5, 5.41) is 5.85. The first-order valence-electron chi connectivity index (χ1n) is 11.7. The molecule has 1 heterocycles. The van der Waals surface area contributed by atoms with E-state index in [1.54, 1.807) is 36.4 Å². The zero-order valence-electron chi connectivity index (χ0n) is 19.8. The van der Waals surface area contributed by atoms with Gasteiger partial charge in [0, 0.05) is 11.5 Å². The van der Waals surface area contributed by atoms with Crippen molar-refractivity contribution in [3.05, 3.63) is 104 Å². The molecule has 5 nitrogen and oxygen atoms in total. The third-order valence-electron chi connectivity index (χ3n) is 6.11. The number of carbonyl (C=O) groups is 1. The molecule has 37 heavy (non-hydrogen) atoms. The van der Waals surface area contributed by atoms with Crippen LogP contribution < -0.4 is 4.74 Å². The molecule has 1 fully saturated rings. The summed E-state index contributed by atoms with van der Waals surface area (Å²) in [6.07, 6.45) is 5.93. The van der Waals surface area contributed by atoms with Gasteiger partial charge < -0.3 is 14.0 Å². The number of benzene rings is 3. The van der Waals surface area contributed by atoms with E-state index in [-0.39, 0.29) is 12.6 Å². The largest absolute Gasteiger partial charge is 0.489 e. The van der Waals surface area contributed by atoms with Crippen LogP contribution in [0, 0.1) is 0 Å². The van der Waals surface area contributed by atoms with Crippen LogP contribution in [0.5, 0.6) is 5.75 Å². The number of hydrogen-bond donors (Lipinski definition) is 0. The van der Waals surface area contributed by atoms with Crippen LogP contribution in [0.3, 0.4) is 0 Å². The minimum atomic E-state index is -0.369. The van der Waals surface area contributed by atoms with Gasteiger partial charge in [-0.15, -0.1) is 0 Å². The van der Waals surface area contributed by atoms with Crippen LogP contribution in [0.2, 0.25) is 15.1 Å². The summed E-state index contributed by atoms with van der Waals surface area (Å²) in [4.78, 5) is 11.6. The van der Waals surface area contributed by atoms with Crippen molar-refractivity contribution in [2.45, 2.75) is 25.4 Å². The van der Waals surface area contributed by atoms with Gasteiger partial charge in [-0.1, -0.05) is 70.3 Å². The number of carbonyl (C=O) groups excluding carboxylic acids is 1. The fourth-order valence-corrected chi connectivity index (χ4v) is 4.78. The van der Waals surface area contributed by atoms with Gasteiger partial charge in [-0.05, 0) is 66.4 Å². The predicted molar refractivity (Wildman–Crippen MR) is 146 cm³/mol. The Kier molecular flexibility index (Phi) is 7.56. The van der Waals surface area contributed by atoms with Crippen LogP contribution in [0.4, 0.5) is 0 Å². The Morgan fingerprint density at radius 2 is 1.73 bits per heavy atom. The van der Waals surface area contributed by atoms with E-state index in [1.165, 1.54) is 7.11 Å². The lowest BCUT2D eigenvalue weighted by molar-refractivity contribution is 0.0600. The predicted octanol–water partition coefficient (Wildman–Crippen LogP) is 8.72. The van der Waals surface area contributed by atoms with Gasteiger partial charge in [-0.3, -0.25) is 0 Å². The van der Waals surface area contributed by atoms with E-state index in [1.807, 2.05) is 36.4 Å². The Morgan fingerprint density at radius 3 is 2.38 bits per heavy atom. The molecular formula is C29H22Cl3NO4. The molecule has 188 valence electrons. The zero-order chi connectivity index (χ0) is 25.9. The van der Waals surface area contributed by atoms with E-state index in [9.17, 15) is 4.79 Å². The molecule has 0 aliphatic heterocycles. The van der Waals surface area contributed by atoms with Gasteiger partial charge in [0.1, 0.15) is 23.8 Å². The first-order valence-corrected chi connectivity index (χ1v) is 12.8. The molecule has 1 aliphatic rings. The second kappa shape index (κ2) is 11.0. The van der Waals surface area contributed by atoms with E-state index >= 15 is 0 Å². The molecule has 1 saturated carbocycles. The van der Waals surface area contributed by atoms with Crippen molar-refractivity contribution in [3.63, 3.8) is 0 Å². The quantitative estimate of drug-likeness (QED) is 0.161. The zero-order valence-corrected chi connectivity index (χ0v) is 22.1. The van der Waals surface area contributed by atoms with E-state index in [0.29, 0.717) is 43.6 Å². The highest BCUT2D eigenvalue weighted by molar-refractivity contribution is 6.39. The van der Waals surface area contributed by atoms with Crippen molar-refractivity contribution < 1.29 is 18.8 Å². The molecular weight excluding hydrogens is 533 g/mol. The molecule has 3 aromatic carbocycles. The maximum Gasteiger partial charge on any atom is 0.337 e. The van der Waals surface area contributed by atoms with Gasteiger partial charge in [0.05, 0.1) is 33.3 Å². The molecule has 0 radical (unpaired) electrons. The topological polar surface area (TPSA) is 61.6 Å². The Bertz CT molecular complexity index is 1450. The van der Waals surface area contributed by atoms with E-state index < -0.39 is 0 Å². The number of esters is 1. The van der Waals surface area contributed by atoms with Crippen LogP contribution >= 0.6 is 34.8 Å². The molecule has 0 unspecified atom stereocenters. The second-order valence-corrected chi connectivity index (χ2v) is 9.89. The van der Waals surface area contributed by atoms with Crippen molar-refractivity contribution in [2.75, 3.05) is 7.11 Å². The van der Waals surface area contributed by atoms with Gasteiger partial charge in [-0.2, -0.15) is 0 Å². The molecule has 8 heteroatoms. The number of ether oxygens (including phenoxy) is 2. The smallest absolute Gasteiger partial charge is 0.337 e. The van der Waals surface area contributed by atoms with E-state index in [4.69, 9.17) is 48.8 Å². The SMILES string of the molecule is COC(=O)c1ccc(/C=C/c2ccc(OCc3c(-c4c(Cl)cccc4Cl)noc3C3CC3)cc2Cl)cc1. The Morgan fingerprint density at radius 1 is 1.00 bits per heavy atom. The summed E-state index contributed by atoms with van der Waals surface area (Å²) in [5.41, 5.74) is 4.33. The molecule has 0 saturated heterocycles. The molecule has 0 spiro atoms. The minimum absolute atomic E-state index is 0.240. The highest BCUT2D eigenvalue weighted by Gasteiger charge is 2.33. The van der Waals surface area contributed by atoms with Crippen LogP contribution in [0.15, 0.2) is 65.2 Å². The van der Waals surface area contributed by atoms with Gasteiger partial charge in [0.2, 0.25) is 0 Å². The van der Waals surface area contributed by atoms with Crippen LogP contribution in [0.25, 0.3) is 23.4 Å². The van der Waals surface area contributed by atoms with E-state index in [0.717, 1.165) is 35.3 Å². The van der Waals surface area contributed by atoms with Crippen LogP contribution in [-0.4, -0.2) is 18.2 Å². The number of methoxy groups -OCH3 is 1. The maximum atomic E-state index is 11.6. The van der Waals surface area contributed by atoms with Gasteiger partial charge in [0.25, 0.3) is 0 Å². The summed E-state index contributed by atoms with van der Waals surface area (Å²) in [6.45, 7) is 0.240. The molecule has 0 bridgehead atoms. The molecule has 4 aromatic rings. The highest BCUT2D eigenvalue weighted by atomic mass is 35.5. The number of halogens is 3. The number of aromatic nitrogens is 1. The Balaban J connectivity index is 1.32. The summed E-state index contributed by atoms with van der Waals surface area (Å²) in [6, 6.07) is 18.0. The lowest BCUT2D eigenvalue weighted by atomic mass is 10.0. The molecule has 1 aromatic heterocycles. The van der Waals surface area contributed by atoms with Crippen molar-refractivity contribution >= 4 is 52.9 Å². The minimum Gasteiger partial charge on any atom is -0.489 e. The summed E-state index contributed by atoms with van der Waals surface area (Å²) >= 11 is 19.4. The normalized spacial score (nSPS) is 13.2. The fourth-order valence-electron chi connectivity index (χ4n) is 3.97. The lowest BCUT2D eigenvalue weighted by Crippen LogP contribution is -2.00. The van der Waals surface area contributed by atoms with Gasteiger partial charge in [0.15, 0.2) is 0 Å². The van der Waals surface area contributed by atoms with Crippen LogP contribution in [-0.2, 0) is 11.3 Å². The van der Waals surface area contributed by atoms with Crippen molar-refractivity contribution in [1.29, 1.82) is 0 Å². The van der Waals surface area contributed by atoms with Crippen molar-refractivity contribution in [3.8, 4) is 17.0 Å². The lowest BCUT2D eigenvalue weighted by Gasteiger charge is -2.10. The van der Waals surface area contributed by atoms with Crippen molar-refractivity contribution in [2.24, 2.45) is 0 Å². The molecule has 1 aliphatic carbocycles. The molecule has 0 N–H and O–H groups in total. The third kappa shape index (κ3) is 5.69. The maximum absolute atomic E-state index is 11.6. The summed E-state index contributed by atoms with van der Waals surface area (Å²) < 4.78 is 16.6. The summed E-state index contributed by atoms with van der Waals surface area (Å²) in [7, 11) is 1.36. The summed E-state index contributed by atoms with van der Waals surface area (Å²) in [5.74, 6) is 1.39. The third-order valence-corrected chi connectivity index (χ3v) is 7.07. The molecule has 5 rings (SSSR count). The van der Waals surface area contributed by atoms with Crippen LogP contribution in [0.1, 0.15) is 51.6 Å². The fraction of sp³-hybridized carbons (Fsp3) is 0.172. The van der Waals surface area contributed by atoms with Crippen molar-refractivity contribution in [1.82, 2.24) is 5.16 Å². The van der Waals surface area contributed by atoms with Gasteiger partial charge in [-0.25, -0.2) is 4.79 Å². The highest BCUT2D eigenvalue weighted by Crippen LogP contribution is 2.46. The molecule has 0 amide bonds. The Labute approximate surface area is 229 Å². The Hall–Kier alpha value is -3.25. The standard InChI is InChI=1S/C29H22Cl3NO4/c1-35-29(34)20-9-6-17(7-10-20)5-8-18-13-14-21(15-25(18)32)36-16-22-27(33-37-28(22)19-11-12-19)26-23(30)3-2-4-24(26)31/h2-10,13-15,19H,11-12,16H2,1H3/b8-5+.